The fourth-order valence-electron chi connectivity index (χ4n) is 8.04. The molecule has 12 aromatic rings. The number of hydrogen-bond acceptors (Lipinski definition) is 6. The summed E-state index contributed by atoms with van der Waals surface area (Å²) in [6.07, 6.45) is 11.1. The van der Waals surface area contributed by atoms with Crippen molar-refractivity contribution in [2.24, 2.45) is 0 Å². The van der Waals surface area contributed by atoms with Crippen molar-refractivity contribution in [1.82, 2.24) is 29.9 Å². The van der Waals surface area contributed by atoms with E-state index in [0.29, 0.717) is 0 Å². The lowest BCUT2D eigenvalue weighted by Gasteiger charge is -2.01. The second-order valence-corrected chi connectivity index (χ2v) is 18.8. The summed E-state index contributed by atoms with van der Waals surface area (Å²) in [4.78, 5) is 25.7. The molecule has 0 fully saturated rings. The van der Waals surface area contributed by atoms with Crippen molar-refractivity contribution in [1.29, 1.82) is 0 Å². The number of benzene rings is 6. The number of pyridine rings is 6. The average molecular weight is 1120 g/mol. The Hall–Kier alpha value is -8.22. The number of aryl methyl sites for hydroxylation is 12. The van der Waals surface area contributed by atoms with E-state index in [1.165, 1.54) is 98.7 Å². The van der Waals surface area contributed by atoms with Gasteiger partial charge in [0.15, 0.2) is 0 Å². The van der Waals surface area contributed by atoms with Crippen LogP contribution in [0.15, 0.2) is 183 Å². The highest BCUT2D eigenvalue weighted by Crippen LogP contribution is 2.21. The fraction of sp³-hybridized carbons (Fsp3) is 0.308. The molecule has 6 heteroatoms. The van der Waals surface area contributed by atoms with E-state index in [1.807, 2.05) is 195 Å². The lowest BCUT2D eigenvalue weighted by molar-refractivity contribution is 1.20. The van der Waals surface area contributed by atoms with Crippen LogP contribution < -0.4 is 0 Å². The largest absolute Gasteiger partial charge is 0.264 e. The van der Waals surface area contributed by atoms with E-state index in [0.717, 1.165) is 33.5 Å². The second-order valence-electron chi connectivity index (χ2n) is 18.8. The Labute approximate surface area is 508 Å². The Kier molecular flexibility index (Phi) is 35.9. The molecule has 0 radical (unpaired) electrons. The Morgan fingerprint density at radius 2 is 0.464 bits per heavy atom. The minimum atomic E-state index is 1.08. The van der Waals surface area contributed by atoms with Gasteiger partial charge in [0.05, 0.1) is 22.1 Å². The summed E-state index contributed by atoms with van der Waals surface area (Å²) in [7, 11) is 0. The molecule has 6 heterocycles. The van der Waals surface area contributed by atoms with E-state index in [1.54, 1.807) is 0 Å². The zero-order valence-corrected chi connectivity index (χ0v) is 56.0. The van der Waals surface area contributed by atoms with Gasteiger partial charge in [-0.05, 0) is 234 Å². The van der Waals surface area contributed by atoms with Crippen LogP contribution in [0.3, 0.4) is 0 Å². The third-order valence-corrected chi connectivity index (χ3v) is 13.3. The van der Waals surface area contributed by atoms with Crippen molar-refractivity contribution in [2.45, 2.75) is 166 Å². The topological polar surface area (TPSA) is 77.3 Å². The molecule has 12 rings (SSSR count). The first kappa shape index (κ1) is 73.8. The molecule has 0 aliphatic rings. The van der Waals surface area contributed by atoms with Gasteiger partial charge in [0.1, 0.15) is 0 Å². The van der Waals surface area contributed by atoms with E-state index >= 15 is 0 Å². The van der Waals surface area contributed by atoms with Gasteiger partial charge in [-0.15, -0.1) is 0 Å². The van der Waals surface area contributed by atoms with Gasteiger partial charge in [-0.3, -0.25) is 29.9 Å². The van der Waals surface area contributed by atoms with Crippen LogP contribution in [-0.2, 0) is 0 Å². The number of rotatable bonds is 0. The maximum absolute atomic E-state index is 4.48. The van der Waals surface area contributed by atoms with Gasteiger partial charge < -0.3 is 0 Å². The van der Waals surface area contributed by atoms with Gasteiger partial charge in [-0.2, -0.15) is 0 Å². The second kappa shape index (κ2) is 40.9. The van der Waals surface area contributed by atoms with Crippen molar-refractivity contribution < 1.29 is 0 Å². The van der Waals surface area contributed by atoms with Crippen molar-refractivity contribution in [3.05, 3.63) is 250 Å². The first-order valence-corrected chi connectivity index (χ1v) is 30.6. The number of fused-ring (bicyclic) bond motifs is 6. The van der Waals surface area contributed by atoms with Crippen LogP contribution in [0.5, 0.6) is 0 Å². The Bertz CT molecular complexity index is 2910. The SMILES string of the molecule is CC.CC.CC.CC.CC.CC.Cc1cc2ccccc2nc1C.Cc1cc2ccccc2nc1C.Cc1cc2cccnc2cc1C.Cc1cc2cccnc2cc1C.Cc1cc2ccncc2cc1C.Cc1cc2ccncc2cc1C. The molecule has 6 aromatic carbocycles. The van der Waals surface area contributed by atoms with Crippen molar-refractivity contribution in [3.8, 4) is 0 Å². The maximum Gasteiger partial charge on any atom is 0.0705 e. The molecular weight excluding hydrogens is 1020 g/mol. The highest BCUT2D eigenvalue weighted by molar-refractivity contribution is 5.85. The summed E-state index contributed by atoms with van der Waals surface area (Å²) < 4.78 is 0. The van der Waals surface area contributed by atoms with Crippen LogP contribution in [0.1, 0.15) is 150 Å². The fourth-order valence-corrected chi connectivity index (χ4v) is 8.04. The molecular formula is C78H102N6. The quantitative estimate of drug-likeness (QED) is 0.151. The van der Waals surface area contributed by atoms with E-state index in [-0.39, 0.29) is 0 Å². The third kappa shape index (κ3) is 23.2. The zero-order valence-electron chi connectivity index (χ0n) is 56.0. The minimum Gasteiger partial charge on any atom is -0.264 e. The van der Waals surface area contributed by atoms with Gasteiger partial charge in [-0.1, -0.05) is 144 Å². The molecule has 0 amide bonds. The normalized spacial score (nSPS) is 9.43. The first-order chi connectivity index (χ1) is 40.6. The summed E-state index contributed by atoms with van der Waals surface area (Å²) in [6, 6.07) is 50.3. The Morgan fingerprint density at radius 3 is 0.798 bits per heavy atom. The molecule has 0 aliphatic heterocycles. The van der Waals surface area contributed by atoms with E-state index < -0.39 is 0 Å². The molecule has 0 bridgehead atoms. The predicted molar refractivity (Wildman–Crippen MR) is 375 cm³/mol. The van der Waals surface area contributed by atoms with Crippen molar-refractivity contribution in [3.63, 3.8) is 0 Å². The minimum absolute atomic E-state index is 1.08. The van der Waals surface area contributed by atoms with Crippen LogP contribution >= 0.6 is 0 Å². The monoisotopic (exact) mass is 1120 g/mol. The molecule has 0 atom stereocenters. The summed E-state index contributed by atoms with van der Waals surface area (Å²) >= 11 is 0. The van der Waals surface area contributed by atoms with Gasteiger partial charge in [0.2, 0.25) is 0 Å². The third-order valence-electron chi connectivity index (χ3n) is 13.3. The molecule has 0 aliphatic carbocycles. The number of nitrogens with zero attached hydrogens (tertiary/aromatic N) is 6. The van der Waals surface area contributed by atoms with Gasteiger partial charge >= 0.3 is 0 Å². The zero-order chi connectivity index (χ0) is 63.3. The molecule has 0 spiro atoms. The van der Waals surface area contributed by atoms with E-state index in [9.17, 15) is 0 Å². The van der Waals surface area contributed by atoms with Crippen LogP contribution in [0.25, 0.3) is 65.2 Å². The lowest BCUT2D eigenvalue weighted by Crippen LogP contribution is -1.87. The molecule has 0 unspecified atom stereocenters. The molecule has 0 saturated heterocycles. The van der Waals surface area contributed by atoms with Crippen LogP contribution in [-0.4, -0.2) is 29.9 Å². The van der Waals surface area contributed by atoms with Gasteiger partial charge in [0.25, 0.3) is 0 Å². The molecule has 0 N–H and O–H groups in total. The summed E-state index contributed by atoms with van der Waals surface area (Å²) in [6.45, 7) is 49.3. The van der Waals surface area contributed by atoms with Crippen LogP contribution in [0.2, 0.25) is 0 Å². The highest BCUT2D eigenvalue weighted by Gasteiger charge is 2.01. The molecule has 84 heavy (non-hydrogen) atoms. The van der Waals surface area contributed by atoms with Crippen molar-refractivity contribution in [2.75, 3.05) is 0 Å². The first-order valence-electron chi connectivity index (χ1n) is 30.6. The van der Waals surface area contributed by atoms with E-state index in [2.05, 4.69) is 184 Å². The van der Waals surface area contributed by atoms with Crippen LogP contribution in [0, 0.1) is 83.1 Å². The number of para-hydroxylation sites is 2. The Morgan fingerprint density at radius 1 is 0.214 bits per heavy atom. The standard InChI is InChI=1S/6C11H11N.6C2H6/c2*1-8-5-10-3-4-12-7-11(10)6-9(8)2;2*1-8-6-10-4-3-5-12-11(10)7-9(8)2;2*1-8-7-10-5-3-4-6-11(10)12-9(8)2;6*1-2/h6*3-7H,1-2H3;6*1-2H3. The summed E-state index contributed by atoms with van der Waals surface area (Å²) in [5, 5.41) is 9.88. The van der Waals surface area contributed by atoms with Gasteiger partial charge in [0, 0.05) is 80.9 Å². The van der Waals surface area contributed by atoms with Gasteiger partial charge in [-0.25, -0.2) is 0 Å². The number of aromatic nitrogens is 6. The average Bonchev–Trinajstić information content (AvgIpc) is 3.62. The van der Waals surface area contributed by atoms with Crippen molar-refractivity contribution >= 4 is 65.2 Å². The molecule has 6 nitrogen and oxygen atoms in total. The number of hydrogen-bond donors (Lipinski definition) is 0. The maximum atomic E-state index is 4.48. The molecule has 0 saturated carbocycles. The van der Waals surface area contributed by atoms with E-state index in [4.69, 9.17) is 0 Å². The predicted octanol–water partition coefficient (Wildman–Crippen LogP) is 23.3. The highest BCUT2D eigenvalue weighted by atomic mass is 14.7. The smallest absolute Gasteiger partial charge is 0.0705 e. The molecule has 444 valence electrons. The lowest BCUT2D eigenvalue weighted by atomic mass is 10.1. The molecule has 6 aromatic heterocycles. The summed E-state index contributed by atoms with van der Waals surface area (Å²) in [5.74, 6) is 0. The Balaban J connectivity index is 0.000000486. The van der Waals surface area contributed by atoms with Crippen LogP contribution in [0.4, 0.5) is 0 Å². The summed E-state index contributed by atoms with van der Waals surface area (Å²) in [5.41, 5.74) is 19.7.